The van der Waals surface area contributed by atoms with Gasteiger partial charge >= 0.3 is 6.03 Å². The topological polar surface area (TPSA) is 52.6 Å². The molecule has 1 atom stereocenters. The highest BCUT2D eigenvalue weighted by Gasteiger charge is 2.48. The number of amides is 3. The van der Waals surface area contributed by atoms with Gasteiger partial charge in [0.15, 0.2) is 0 Å². The maximum absolute atomic E-state index is 12.8. The van der Waals surface area contributed by atoms with Gasteiger partial charge in [0, 0.05) is 32.1 Å². The first-order valence-corrected chi connectivity index (χ1v) is 8.88. The summed E-state index contributed by atoms with van der Waals surface area (Å²) in [5, 5.41) is 5.16. The number of nitrogens with zero attached hydrogens (tertiary/aromatic N) is 2. The minimum atomic E-state index is -0.372. The molecule has 0 aliphatic carbocycles. The number of piperidine rings is 1. The van der Waals surface area contributed by atoms with Crippen molar-refractivity contribution in [2.24, 2.45) is 5.41 Å². The van der Waals surface area contributed by atoms with Crippen molar-refractivity contribution in [3.63, 3.8) is 0 Å². The van der Waals surface area contributed by atoms with Crippen molar-refractivity contribution >= 4 is 28.4 Å². The summed E-state index contributed by atoms with van der Waals surface area (Å²) in [5.41, 5.74) is 0.444. The number of fused-ring (bicyclic) bond motifs is 1. The van der Waals surface area contributed by atoms with Crippen molar-refractivity contribution in [1.29, 1.82) is 0 Å². The molecule has 1 unspecified atom stereocenters. The lowest BCUT2D eigenvalue weighted by Crippen LogP contribution is -2.49. The lowest BCUT2D eigenvalue weighted by atomic mass is 9.78. The second-order valence-electron chi connectivity index (χ2n) is 7.24. The second kappa shape index (κ2) is 6.06. The van der Waals surface area contributed by atoms with E-state index in [2.05, 4.69) is 5.32 Å². The molecule has 4 rings (SSSR count). The van der Waals surface area contributed by atoms with E-state index in [1.54, 1.807) is 4.90 Å². The summed E-state index contributed by atoms with van der Waals surface area (Å²) in [6.45, 7) is 1.98. The van der Waals surface area contributed by atoms with Crippen LogP contribution in [0.5, 0.6) is 0 Å². The van der Waals surface area contributed by atoms with Crippen molar-refractivity contribution in [2.75, 3.05) is 32.0 Å². The van der Waals surface area contributed by atoms with Crippen LogP contribution in [-0.4, -0.2) is 48.4 Å². The predicted molar refractivity (Wildman–Crippen MR) is 98.5 cm³/mol. The summed E-state index contributed by atoms with van der Waals surface area (Å²) < 4.78 is 0. The van der Waals surface area contributed by atoms with Gasteiger partial charge in [0.05, 0.1) is 11.1 Å². The molecule has 2 heterocycles. The zero-order valence-corrected chi connectivity index (χ0v) is 14.5. The molecule has 130 valence electrons. The van der Waals surface area contributed by atoms with E-state index in [4.69, 9.17) is 0 Å². The average Bonchev–Trinajstić information content (AvgIpc) is 3.05. The highest BCUT2D eigenvalue weighted by atomic mass is 16.2. The molecule has 0 aromatic heterocycles. The molecule has 2 aliphatic heterocycles. The van der Waals surface area contributed by atoms with Crippen LogP contribution < -0.4 is 5.32 Å². The van der Waals surface area contributed by atoms with E-state index >= 15 is 0 Å². The van der Waals surface area contributed by atoms with Crippen molar-refractivity contribution in [1.82, 2.24) is 9.80 Å². The molecule has 3 amide bonds. The summed E-state index contributed by atoms with van der Waals surface area (Å²) in [7, 11) is 1.86. The lowest BCUT2D eigenvalue weighted by molar-refractivity contribution is -0.143. The SMILES string of the molecule is CN1CCCC2(CCN(C(=O)Nc3cccc4ccccc34)C2)C1=O. The standard InChI is InChI=1S/C20H23N3O2/c1-22-12-5-10-20(18(22)24)11-13-23(14-20)19(25)21-17-9-4-7-15-6-2-3-8-16(15)17/h2-4,6-9H,5,10-14H2,1H3,(H,21,25). The Morgan fingerprint density at radius 2 is 1.88 bits per heavy atom. The van der Waals surface area contributed by atoms with Gasteiger partial charge in [-0.1, -0.05) is 36.4 Å². The largest absolute Gasteiger partial charge is 0.345 e. The summed E-state index contributed by atoms with van der Waals surface area (Å²) in [5.74, 6) is 0.194. The summed E-state index contributed by atoms with van der Waals surface area (Å²) in [4.78, 5) is 29.0. The number of anilines is 1. The predicted octanol–water partition coefficient (Wildman–Crippen LogP) is 3.32. The Hall–Kier alpha value is -2.56. The fourth-order valence-corrected chi connectivity index (χ4v) is 4.22. The van der Waals surface area contributed by atoms with Crippen LogP contribution in [0.1, 0.15) is 19.3 Å². The van der Waals surface area contributed by atoms with Crippen LogP contribution in [0.15, 0.2) is 42.5 Å². The molecule has 25 heavy (non-hydrogen) atoms. The van der Waals surface area contributed by atoms with Crippen molar-refractivity contribution < 1.29 is 9.59 Å². The number of carbonyl (C=O) groups excluding carboxylic acids is 2. The number of nitrogens with one attached hydrogen (secondary N) is 1. The molecule has 2 fully saturated rings. The van der Waals surface area contributed by atoms with E-state index in [1.165, 1.54) is 0 Å². The van der Waals surface area contributed by atoms with Gasteiger partial charge in [-0.15, -0.1) is 0 Å². The smallest absolute Gasteiger partial charge is 0.321 e. The molecule has 5 heteroatoms. The highest BCUT2D eigenvalue weighted by molar-refractivity contribution is 6.01. The molecule has 5 nitrogen and oxygen atoms in total. The summed E-state index contributed by atoms with van der Waals surface area (Å²) in [6, 6.07) is 13.8. The van der Waals surface area contributed by atoms with Crippen molar-refractivity contribution in [2.45, 2.75) is 19.3 Å². The third-order valence-corrected chi connectivity index (χ3v) is 5.62. The Kier molecular flexibility index (Phi) is 3.86. The van der Waals surface area contributed by atoms with Gasteiger partial charge in [-0.05, 0) is 30.7 Å². The van der Waals surface area contributed by atoms with Gasteiger partial charge in [-0.3, -0.25) is 4.79 Å². The van der Waals surface area contributed by atoms with E-state index in [-0.39, 0.29) is 17.4 Å². The van der Waals surface area contributed by atoms with Gasteiger partial charge in [-0.2, -0.15) is 0 Å². The first-order chi connectivity index (χ1) is 12.1. The van der Waals surface area contributed by atoms with Gasteiger partial charge < -0.3 is 15.1 Å². The van der Waals surface area contributed by atoms with Crippen molar-refractivity contribution in [3.05, 3.63) is 42.5 Å². The average molecular weight is 337 g/mol. The molecule has 0 saturated carbocycles. The molecule has 1 N–H and O–H groups in total. The Balaban J connectivity index is 1.51. The highest BCUT2D eigenvalue weighted by Crippen LogP contribution is 2.39. The molecule has 2 saturated heterocycles. The normalized spacial score (nSPS) is 23.5. The number of hydrogen-bond acceptors (Lipinski definition) is 2. The Labute approximate surface area is 147 Å². The van der Waals surface area contributed by atoms with Crippen molar-refractivity contribution in [3.8, 4) is 0 Å². The quantitative estimate of drug-likeness (QED) is 0.868. The number of rotatable bonds is 1. The molecule has 2 aromatic rings. The number of carbonyl (C=O) groups is 2. The van der Waals surface area contributed by atoms with E-state index in [0.29, 0.717) is 13.1 Å². The van der Waals surface area contributed by atoms with Gasteiger partial charge in [0.1, 0.15) is 0 Å². The molecule has 0 bridgehead atoms. The molecular weight excluding hydrogens is 314 g/mol. The zero-order chi connectivity index (χ0) is 17.4. The molecule has 2 aromatic carbocycles. The van der Waals surface area contributed by atoms with E-state index in [1.807, 2.05) is 54.4 Å². The number of urea groups is 1. The maximum atomic E-state index is 12.8. The number of hydrogen-bond donors (Lipinski definition) is 1. The fourth-order valence-electron chi connectivity index (χ4n) is 4.22. The van der Waals surface area contributed by atoms with Gasteiger partial charge in [0.2, 0.25) is 5.91 Å². The van der Waals surface area contributed by atoms with Crippen LogP contribution in [0.2, 0.25) is 0 Å². The van der Waals surface area contributed by atoms with Crippen LogP contribution in [0.4, 0.5) is 10.5 Å². The first kappa shape index (κ1) is 15.9. The van der Waals surface area contributed by atoms with E-state index in [0.717, 1.165) is 42.3 Å². The monoisotopic (exact) mass is 337 g/mol. The van der Waals surface area contributed by atoms with Gasteiger partial charge in [0.25, 0.3) is 0 Å². The molecule has 2 aliphatic rings. The van der Waals surface area contributed by atoms with Crippen LogP contribution >= 0.6 is 0 Å². The minimum absolute atomic E-state index is 0.116. The molecular formula is C20H23N3O2. The van der Waals surface area contributed by atoms with Gasteiger partial charge in [-0.25, -0.2) is 4.79 Å². The zero-order valence-electron chi connectivity index (χ0n) is 14.5. The number of likely N-dealkylation sites (tertiary alicyclic amines) is 2. The fraction of sp³-hybridized carbons (Fsp3) is 0.400. The van der Waals surface area contributed by atoms with Crippen LogP contribution in [-0.2, 0) is 4.79 Å². The van der Waals surface area contributed by atoms with E-state index in [9.17, 15) is 9.59 Å². The Morgan fingerprint density at radius 3 is 2.76 bits per heavy atom. The minimum Gasteiger partial charge on any atom is -0.345 e. The van der Waals surface area contributed by atoms with Crippen LogP contribution in [0, 0.1) is 5.41 Å². The number of benzene rings is 2. The van der Waals surface area contributed by atoms with Crippen LogP contribution in [0.3, 0.4) is 0 Å². The third-order valence-electron chi connectivity index (χ3n) is 5.62. The molecule has 1 spiro atoms. The van der Waals surface area contributed by atoms with E-state index < -0.39 is 0 Å². The first-order valence-electron chi connectivity index (χ1n) is 8.88. The summed E-state index contributed by atoms with van der Waals surface area (Å²) in [6.07, 6.45) is 2.66. The maximum Gasteiger partial charge on any atom is 0.321 e. The third kappa shape index (κ3) is 2.73. The van der Waals surface area contributed by atoms with Crippen LogP contribution in [0.25, 0.3) is 10.8 Å². The Bertz CT molecular complexity index is 829. The lowest BCUT2D eigenvalue weighted by Gasteiger charge is -2.37. The Morgan fingerprint density at radius 1 is 1.08 bits per heavy atom. The molecule has 0 radical (unpaired) electrons. The summed E-state index contributed by atoms with van der Waals surface area (Å²) >= 11 is 0. The second-order valence-corrected chi connectivity index (χ2v) is 7.24.